The molecule has 0 aromatic rings. The molecule has 4 heteroatoms. The molecular weight excluding hydrogens is 170 g/mol. The topological polar surface area (TPSA) is 61.7 Å². The van der Waals surface area contributed by atoms with Crippen LogP contribution in [-0.2, 0) is 4.74 Å². The van der Waals surface area contributed by atoms with E-state index >= 15 is 0 Å². The van der Waals surface area contributed by atoms with Crippen molar-refractivity contribution in [2.45, 2.75) is 18.9 Å². The minimum absolute atomic E-state index is 0.000278. The number of nitrogens with one attached hydrogen (secondary N) is 1. The SMILES string of the molecule is OCC(CO)NCC1CCOCC1. The minimum atomic E-state index is -0.164. The van der Waals surface area contributed by atoms with E-state index in [4.69, 9.17) is 14.9 Å². The second-order valence-corrected chi connectivity index (χ2v) is 3.53. The van der Waals surface area contributed by atoms with E-state index in [0.717, 1.165) is 32.6 Å². The van der Waals surface area contributed by atoms with E-state index in [-0.39, 0.29) is 19.3 Å². The van der Waals surface area contributed by atoms with Gasteiger partial charge in [0.2, 0.25) is 0 Å². The highest BCUT2D eigenvalue weighted by atomic mass is 16.5. The Bertz CT molecular complexity index is 122. The van der Waals surface area contributed by atoms with E-state index in [1.165, 1.54) is 0 Å². The van der Waals surface area contributed by atoms with Gasteiger partial charge in [-0.15, -0.1) is 0 Å². The third-order valence-electron chi connectivity index (χ3n) is 2.48. The Morgan fingerprint density at radius 2 is 1.85 bits per heavy atom. The Balaban J connectivity index is 2.09. The van der Waals surface area contributed by atoms with Gasteiger partial charge in [-0.25, -0.2) is 0 Å². The monoisotopic (exact) mass is 189 g/mol. The normalized spacial score (nSPS) is 19.6. The summed E-state index contributed by atoms with van der Waals surface area (Å²) in [5.74, 6) is 0.634. The molecule has 0 aliphatic carbocycles. The summed E-state index contributed by atoms with van der Waals surface area (Å²) >= 11 is 0. The standard InChI is InChI=1S/C9H19NO3/c11-6-9(7-12)10-5-8-1-3-13-4-2-8/h8-12H,1-7H2. The van der Waals surface area contributed by atoms with Crippen LogP contribution in [0.1, 0.15) is 12.8 Å². The van der Waals surface area contributed by atoms with E-state index in [1.807, 2.05) is 0 Å². The molecule has 0 saturated carbocycles. The Morgan fingerprint density at radius 3 is 2.38 bits per heavy atom. The predicted molar refractivity (Wildman–Crippen MR) is 49.5 cm³/mol. The Kier molecular flexibility index (Phi) is 5.31. The van der Waals surface area contributed by atoms with Crippen LogP contribution in [0, 0.1) is 5.92 Å². The van der Waals surface area contributed by atoms with Crippen LogP contribution in [0.3, 0.4) is 0 Å². The molecule has 0 spiro atoms. The van der Waals surface area contributed by atoms with Gasteiger partial charge in [0.25, 0.3) is 0 Å². The number of aliphatic hydroxyl groups is 2. The molecule has 1 heterocycles. The summed E-state index contributed by atoms with van der Waals surface area (Å²) in [6, 6.07) is -0.164. The largest absolute Gasteiger partial charge is 0.395 e. The smallest absolute Gasteiger partial charge is 0.0607 e. The first kappa shape index (κ1) is 10.9. The fraction of sp³-hybridized carbons (Fsp3) is 1.00. The first-order valence-electron chi connectivity index (χ1n) is 4.89. The molecule has 1 rings (SSSR count). The highest BCUT2D eigenvalue weighted by molar-refractivity contribution is 4.70. The molecule has 0 unspecified atom stereocenters. The van der Waals surface area contributed by atoms with Crippen molar-refractivity contribution in [3.05, 3.63) is 0 Å². The molecule has 0 atom stereocenters. The zero-order valence-corrected chi connectivity index (χ0v) is 7.91. The highest BCUT2D eigenvalue weighted by Crippen LogP contribution is 2.13. The van der Waals surface area contributed by atoms with Crippen molar-refractivity contribution in [1.29, 1.82) is 0 Å². The molecule has 0 aromatic heterocycles. The van der Waals surface area contributed by atoms with Crippen LogP contribution < -0.4 is 5.32 Å². The Labute approximate surface area is 78.9 Å². The van der Waals surface area contributed by atoms with Gasteiger partial charge >= 0.3 is 0 Å². The fourth-order valence-corrected chi connectivity index (χ4v) is 1.47. The summed E-state index contributed by atoms with van der Waals surface area (Å²) in [5, 5.41) is 20.7. The molecule has 13 heavy (non-hydrogen) atoms. The number of hydrogen-bond donors (Lipinski definition) is 3. The summed E-state index contributed by atoms with van der Waals surface area (Å²) < 4.78 is 5.23. The zero-order chi connectivity index (χ0) is 9.52. The Morgan fingerprint density at radius 1 is 1.23 bits per heavy atom. The van der Waals surface area contributed by atoms with Crippen molar-refractivity contribution in [1.82, 2.24) is 5.32 Å². The van der Waals surface area contributed by atoms with Crippen LogP contribution in [0.4, 0.5) is 0 Å². The van der Waals surface area contributed by atoms with Gasteiger partial charge < -0.3 is 20.3 Å². The van der Waals surface area contributed by atoms with Crippen LogP contribution >= 0.6 is 0 Å². The molecule has 4 nitrogen and oxygen atoms in total. The first-order chi connectivity index (χ1) is 6.36. The van der Waals surface area contributed by atoms with Crippen LogP contribution in [0.15, 0.2) is 0 Å². The molecule has 0 amide bonds. The van der Waals surface area contributed by atoms with Gasteiger partial charge in [-0.3, -0.25) is 0 Å². The van der Waals surface area contributed by atoms with E-state index in [1.54, 1.807) is 0 Å². The van der Waals surface area contributed by atoms with Gasteiger partial charge in [-0.2, -0.15) is 0 Å². The summed E-state index contributed by atoms with van der Waals surface area (Å²) in [6.45, 7) is 2.55. The fourth-order valence-electron chi connectivity index (χ4n) is 1.47. The molecule has 1 saturated heterocycles. The molecule has 0 bridgehead atoms. The molecule has 3 N–H and O–H groups in total. The van der Waals surface area contributed by atoms with Gasteiger partial charge in [0.15, 0.2) is 0 Å². The summed E-state index contributed by atoms with van der Waals surface area (Å²) in [4.78, 5) is 0. The van der Waals surface area contributed by atoms with Crippen molar-refractivity contribution in [2.24, 2.45) is 5.92 Å². The maximum atomic E-state index is 8.81. The number of ether oxygens (including phenoxy) is 1. The van der Waals surface area contributed by atoms with Crippen molar-refractivity contribution in [2.75, 3.05) is 33.0 Å². The van der Waals surface area contributed by atoms with Gasteiger partial charge in [0.1, 0.15) is 0 Å². The average molecular weight is 189 g/mol. The molecule has 0 aromatic carbocycles. The molecule has 0 radical (unpaired) electrons. The third-order valence-corrected chi connectivity index (χ3v) is 2.48. The maximum absolute atomic E-state index is 8.81. The van der Waals surface area contributed by atoms with Crippen LogP contribution in [0.2, 0.25) is 0 Å². The minimum Gasteiger partial charge on any atom is -0.395 e. The lowest BCUT2D eigenvalue weighted by atomic mass is 10.0. The summed E-state index contributed by atoms with van der Waals surface area (Å²) in [5.41, 5.74) is 0. The van der Waals surface area contributed by atoms with Crippen LogP contribution in [0.5, 0.6) is 0 Å². The zero-order valence-electron chi connectivity index (χ0n) is 7.91. The van der Waals surface area contributed by atoms with Gasteiger partial charge in [0, 0.05) is 13.2 Å². The van der Waals surface area contributed by atoms with E-state index in [0.29, 0.717) is 5.92 Å². The third kappa shape index (κ3) is 4.04. The lowest BCUT2D eigenvalue weighted by Crippen LogP contribution is -2.39. The van der Waals surface area contributed by atoms with Crippen molar-refractivity contribution in [3.8, 4) is 0 Å². The Hall–Kier alpha value is -0.160. The number of aliphatic hydroxyl groups excluding tert-OH is 2. The summed E-state index contributed by atoms with van der Waals surface area (Å²) in [6.07, 6.45) is 2.16. The van der Waals surface area contributed by atoms with E-state index in [2.05, 4.69) is 5.32 Å². The quantitative estimate of drug-likeness (QED) is 0.538. The number of hydrogen-bond acceptors (Lipinski definition) is 4. The molecule has 1 fully saturated rings. The second kappa shape index (κ2) is 6.32. The average Bonchev–Trinajstić information content (AvgIpc) is 2.21. The second-order valence-electron chi connectivity index (χ2n) is 3.53. The van der Waals surface area contributed by atoms with E-state index in [9.17, 15) is 0 Å². The van der Waals surface area contributed by atoms with Gasteiger partial charge in [0.05, 0.1) is 19.3 Å². The number of rotatable bonds is 5. The van der Waals surface area contributed by atoms with Crippen molar-refractivity contribution >= 4 is 0 Å². The predicted octanol–water partition coefficient (Wildman–Crippen LogP) is -0.644. The first-order valence-corrected chi connectivity index (χ1v) is 4.89. The summed E-state index contributed by atoms with van der Waals surface area (Å²) in [7, 11) is 0. The molecule has 1 aliphatic heterocycles. The lowest BCUT2D eigenvalue weighted by molar-refractivity contribution is 0.0630. The highest BCUT2D eigenvalue weighted by Gasteiger charge is 2.14. The molecule has 78 valence electrons. The van der Waals surface area contributed by atoms with Crippen LogP contribution in [0.25, 0.3) is 0 Å². The van der Waals surface area contributed by atoms with E-state index < -0.39 is 0 Å². The van der Waals surface area contributed by atoms with Crippen LogP contribution in [-0.4, -0.2) is 49.2 Å². The van der Waals surface area contributed by atoms with Gasteiger partial charge in [-0.1, -0.05) is 0 Å². The molecular formula is C9H19NO3. The maximum Gasteiger partial charge on any atom is 0.0607 e. The lowest BCUT2D eigenvalue weighted by Gasteiger charge is -2.24. The van der Waals surface area contributed by atoms with Gasteiger partial charge in [-0.05, 0) is 25.3 Å². The van der Waals surface area contributed by atoms with Crippen molar-refractivity contribution in [3.63, 3.8) is 0 Å². The van der Waals surface area contributed by atoms with Crippen molar-refractivity contribution < 1.29 is 14.9 Å². The molecule has 1 aliphatic rings.